The molecule has 0 heterocycles. The Balaban J connectivity index is 3.29. The maximum Gasteiger partial charge on any atom is 0.244 e. The summed E-state index contributed by atoms with van der Waals surface area (Å²) >= 11 is 11.7. The van der Waals surface area contributed by atoms with Crippen molar-refractivity contribution in [2.24, 2.45) is 0 Å². The van der Waals surface area contributed by atoms with Crippen molar-refractivity contribution in [3.8, 4) is 5.75 Å². The second-order valence-electron chi connectivity index (χ2n) is 3.32. The molecule has 1 N–H and O–H groups in total. The first kappa shape index (κ1) is 14.6. The molecule has 0 aliphatic heterocycles. The molecule has 0 saturated heterocycles. The van der Waals surface area contributed by atoms with Crippen LogP contribution in [0.25, 0.3) is 0 Å². The van der Waals surface area contributed by atoms with Gasteiger partial charge in [-0.1, -0.05) is 30.1 Å². The highest BCUT2D eigenvalue weighted by Gasteiger charge is 2.21. The minimum absolute atomic E-state index is 0.0500. The zero-order chi connectivity index (χ0) is 13.1. The molecule has 0 saturated carbocycles. The fourth-order valence-electron chi connectivity index (χ4n) is 1.25. The van der Waals surface area contributed by atoms with Crippen molar-refractivity contribution in [2.45, 2.75) is 18.2 Å². The number of sulfonamides is 1. The lowest BCUT2D eigenvalue weighted by Gasteiger charge is -2.12. The second kappa shape index (κ2) is 5.91. The number of hydrogen-bond acceptors (Lipinski definition) is 3. The average Bonchev–Trinajstić information content (AvgIpc) is 2.25. The maximum absolute atomic E-state index is 12.0. The summed E-state index contributed by atoms with van der Waals surface area (Å²) in [5.74, 6) is 0.0969. The first-order chi connectivity index (χ1) is 7.92. The molecule has 7 heteroatoms. The van der Waals surface area contributed by atoms with Gasteiger partial charge < -0.3 is 4.74 Å². The number of rotatable bonds is 5. The van der Waals surface area contributed by atoms with Crippen LogP contribution in [0, 0.1) is 0 Å². The number of ether oxygens (including phenoxy) is 1. The first-order valence-corrected chi connectivity index (χ1v) is 7.19. The summed E-state index contributed by atoms with van der Waals surface area (Å²) in [5, 5.41) is 0.407. The van der Waals surface area contributed by atoms with Crippen molar-refractivity contribution in [2.75, 3.05) is 13.7 Å². The second-order valence-corrected chi connectivity index (χ2v) is 5.90. The van der Waals surface area contributed by atoms with E-state index in [-0.39, 0.29) is 20.7 Å². The predicted molar refractivity (Wildman–Crippen MR) is 68.5 cm³/mol. The highest BCUT2D eigenvalue weighted by atomic mass is 35.5. The van der Waals surface area contributed by atoms with Crippen LogP contribution in [0.3, 0.4) is 0 Å². The third-order valence-electron chi connectivity index (χ3n) is 2.01. The number of halogens is 2. The van der Waals surface area contributed by atoms with Gasteiger partial charge in [-0.25, -0.2) is 13.1 Å². The number of benzene rings is 1. The SMILES string of the molecule is CCCNS(=O)(=O)c1cc(Cl)cc(Cl)c1OC. The van der Waals surface area contributed by atoms with Gasteiger partial charge in [-0.3, -0.25) is 0 Å². The van der Waals surface area contributed by atoms with Crippen molar-refractivity contribution in [3.63, 3.8) is 0 Å². The van der Waals surface area contributed by atoms with Gasteiger partial charge in [0.2, 0.25) is 10.0 Å². The van der Waals surface area contributed by atoms with Gasteiger partial charge in [0.05, 0.1) is 12.1 Å². The minimum atomic E-state index is -3.65. The van der Waals surface area contributed by atoms with Gasteiger partial charge in [-0.2, -0.15) is 0 Å². The highest BCUT2D eigenvalue weighted by Crippen LogP contribution is 2.34. The minimum Gasteiger partial charge on any atom is -0.494 e. The lowest BCUT2D eigenvalue weighted by Crippen LogP contribution is -2.25. The third-order valence-corrected chi connectivity index (χ3v) is 3.98. The molecule has 1 aromatic rings. The standard InChI is InChI=1S/C10H13Cl2NO3S/c1-3-4-13-17(14,15)9-6-7(11)5-8(12)10(9)16-2/h5-6,13H,3-4H2,1-2H3. The Morgan fingerprint density at radius 2 is 2.00 bits per heavy atom. The van der Waals surface area contributed by atoms with Gasteiger partial charge in [0.15, 0.2) is 5.75 Å². The number of hydrogen-bond donors (Lipinski definition) is 1. The lowest BCUT2D eigenvalue weighted by molar-refractivity contribution is 0.402. The first-order valence-electron chi connectivity index (χ1n) is 4.95. The van der Waals surface area contributed by atoms with Gasteiger partial charge in [-0.15, -0.1) is 0 Å². The zero-order valence-electron chi connectivity index (χ0n) is 9.46. The summed E-state index contributed by atoms with van der Waals surface area (Å²) in [6, 6.07) is 2.74. The van der Waals surface area contributed by atoms with Crippen LogP contribution < -0.4 is 9.46 Å². The molecule has 0 radical (unpaired) electrons. The Morgan fingerprint density at radius 1 is 1.35 bits per heavy atom. The van der Waals surface area contributed by atoms with Crippen LogP contribution >= 0.6 is 23.2 Å². The smallest absolute Gasteiger partial charge is 0.244 e. The molecule has 0 spiro atoms. The van der Waals surface area contributed by atoms with E-state index >= 15 is 0 Å². The monoisotopic (exact) mass is 297 g/mol. The van der Waals surface area contributed by atoms with Crippen LogP contribution in [0.4, 0.5) is 0 Å². The van der Waals surface area contributed by atoms with Gasteiger partial charge in [0.25, 0.3) is 0 Å². The Morgan fingerprint density at radius 3 is 2.53 bits per heavy atom. The Labute approximate surface area is 111 Å². The van der Waals surface area contributed by atoms with Crippen LogP contribution in [0.1, 0.15) is 13.3 Å². The van der Waals surface area contributed by atoms with Crippen molar-refractivity contribution < 1.29 is 13.2 Å². The Bertz CT molecular complexity index is 503. The van der Waals surface area contributed by atoms with E-state index in [9.17, 15) is 8.42 Å². The van der Waals surface area contributed by atoms with Crippen LogP contribution in [-0.2, 0) is 10.0 Å². The lowest BCUT2D eigenvalue weighted by atomic mass is 10.3. The molecule has 0 fully saturated rings. The molecule has 1 rings (SSSR count). The maximum atomic E-state index is 12.0. The Kier molecular flexibility index (Phi) is 5.06. The molecular weight excluding hydrogens is 285 g/mol. The molecule has 0 atom stereocenters. The quantitative estimate of drug-likeness (QED) is 0.909. The van der Waals surface area contributed by atoms with Crippen LogP contribution in [-0.4, -0.2) is 22.1 Å². The van der Waals surface area contributed by atoms with Crippen LogP contribution in [0.5, 0.6) is 5.75 Å². The molecule has 96 valence electrons. The summed E-state index contributed by atoms with van der Waals surface area (Å²) in [6.45, 7) is 2.21. The van der Waals surface area contributed by atoms with Gasteiger partial charge in [0, 0.05) is 11.6 Å². The van der Waals surface area contributed by atoms with Crippen molar-refractivity contribution >= 4 is 33.2 Å². The number of methoxy groups -OCH3 is 1. The normalized spacial score (nSPS) is 11.5. The summed E-state index contributed by atoms with van der Waals surface area (Å²) < 4.78 is 31.4. The Hall–Kier alpha value is -0.490. The van der Waals surface area contributed by atoms with Gasteiger partial charge >= 0.3 is 0 Å². The van der Waals surface area contributed by atoms with Crippen LogP contribution in [0.15, 0.2) is 17.0 Å². The molecule has 0 aliphatic rings. The van der Waals surface area contributed by atoms with E-state index in [0.717, 1.165) is 0 Å². The van der Waals surface area contributed by atoms with E-state index in [2.05, 4.69) is 4.72 Å². The van der Waals surface area contributed by atoms with E-state index in [1.165, 1.54) is 19.2 Å². The summed E-state index contributed by atoms with van der Waals surface area (Å²) in [7, 11) is -2.30. The van der Waals surface area contributed by atoms with E-state index in [1.807, 2.05) is 6.92 Å². The topological polar surface area (TPSA) is 55.4 Å². The van der Waals surface area contributed by atoms with E-state index < -0.39 is 10.0 Å². The molecule has 0 bridgehead atoms. The molecule has 1 aromatic carbocycles. The molecule has 17 heavy (non-hydrogen) atoms. The predicted octanol–water partition coefficient (Wildman–Crippen LogP) is 2.69. The van der Waals surface area contributed by atoms with Crippen molar-refractivity contribution in [1.82, 2.24) is 4.72 Å². The molecule has 0 aromatic heterocycles. The fraction of sp³-hybridized carbons (Fsp3) is 0.400. The number of nitrogens with one attached hydrogen (secondary N) is 1. The summed E-state index contributed by atoms with van der Waals surface area (Å²) in [5.41, 5.74) is 0. The van der Waals surface area contributed by atoms with Crippen LogP contribution in [0.2, 0.25) is 10.0 Å². The molecular formula is C10H13Cl2NO3S. The summed E-state index contributed by atoms with van der Waals surface area (Å²) in [6.07, 6.45) is 0.690. The van der Waals surface area contributed by atoms with E-state index in [4.69, 9.17) is 27.9 Å². The van der Waals surface area contributed by atoms with E-state index in [1.54, 1.807) is 0 Å². The fourth-order valence-corrected chi connectivity index (χ4v) is 3.29. The largest absolute Gasteiger partial charge is 0.494 e. The summed E-state index contributed by atoms with van der Waals surface area (Å²) in [4.78, 5) is -0.0500. The molecule has 0 unspecified atom stereocenters. The van der Waals surface area contributed by atoms with Crippen molar-refractivity contribution in [1.29, 1.82) is 0 Å². The highest BCUT2D eigenvalue weighted by molar-refractivity contribution is 7.89. The average molecular weight is 298 g/mol. The zero-order valence-corrected chi connectivity index (χ0v) is 11.8. The van der Waals surface area contributed by atoms with Gasteiger partial charge in [0.1, 0.15) is 4.90 Å². The molecule has 0 amide bonds. The van der Waals surface area contributed by atoms with Gasteiger partial charge in [-0.05, 0) is 18.6 Å². The molecule has 0 aliphatic carbocycles. The third kappa shape index (κ3) is 3.48. The van der Waals surface area contributed by atoms with E-state index in [0.29, 0.717) is 13.0 Å². The van der Waals surface area contributed by atoms with Crippen molar-refractivity contribution in [3.05, 3.63) is 22.2 Å². The molecule has 4 nitrogen and oxygen atoms in total.